The quantitative estimate of drug-likeness (QED) is 0.799. The zero-order chi connectivity index (χ0) is 13.0. The SMILES string of the molecule is CCN(CC)C1CCN(c2nccnc2C#N)C1. The van der Waals surface area contributed by atoms with E-state index >= 15 is 0 Å². The van der Waals surface area contributed by atoms with Crippen molar-refractivity contribution < 1.29 is 0 Å². The van der Waals surface area contributed by atoms with Crippen LogP contribution in [0.3, 0.4) is 0 Å². The highest BCUT2D eigenvalue weighted by atomic mass is 15.3. The van der Waals surface area contributed by atoms with Gasteiger partial charge in [-0.05, 0) is 19.5 Å². The predicted molar refractivity (Wildman–Crippen MR) is 70.3 cm³/mol. The summed E-state index contributed by atoms with van der Waals surface area (Å²) in [5, 5.41) is 9.06. The van der Waals surface area contributed by atoms with Crippen LogP contribution in [-0.2, 0) is 0 Å². The van der Waals surface area contributed by atoms with Gasteiger partial charge < -0.3 is 4.90 Å². The summed E-state index contributed by atoms with van der Waals surface area (Å²) in [5.41, 5.74) is 0.428. The number of likely N-dealkylation sites (N-methyl/N-ethyl adjacent to an activating group) is 1. The highest BCUT2D eigenvalue weighted by molar-refractivity contribution is 5.50. The van der Waals surface area contributed by atoms with E-state index in [-0.39, 0.29) is 0 Å². The monoisotopic (exact) mass is 245 g/mol. The van der Waals surface area contributed by atoms with Gasteiger partial charge in [0.1, 0.15) is 6.07 Å². The third-order valence-electron chi connectivity index (χ3n) is 3.58. The molecule has 2 heterocycles. The molecule has 0 bridgehead atoms. The molecule has 1 atom stereocenters. The van der Waals surface area contributed by atoms with Crippen molar-refractivity contribution in [2.75, 3.05) is 31.1 Å². The molecule has 0 aromatic carbocycles. The van der Waals surface area contributed by atoms with Crippen molar-refractivity contribution in [3.63, 3.8) is 0 Å². The van der Waals surface area contributed by atoms with Crippen molar-refractivity contribution in [2.24, 2.45) is 0 Å². The van der Waals surface area contributed by atoms with Gasteiger partial charge in [-0.3, -0.25) is 4.90 Å². The van der Waals surface area contributed by atoms with E-state index in [9.17, 15) is 0 Å². The van der Waals surface area contributed by atoms with E-state index < -0.39 is 0 Å². The molecule has 0 aliphatic carbocycles. The van der Waals surface area contributed by atoms with Gasteiger partial charge in [-0.25, -0.2) is 9.97 Å². The van der Waals surface area contributed by atoms with Crippen LogP contribution in [0.25, 0.3) is 0 Å². The minimum atomic E-state index is 0.428. The largest absolute Gasteiger partial charge is 0.353 e. The number of anilines is 1. The number of aromatic nitrogens is 2. The summed E-state index contributed by atoms with van der Waals surface area (Å²) < 4.78 is 0. The lowest BCUT2D eigenvalue weighted by atomic mass is 10.2. The van der Waals surface area contributed by atoms with Crippen molar-refractivity contribution in [3.8, 4) is 6.07 Å². The molecule has 5 heteroatoms. The summed E-state index contributed by atoms with van der Waals surface area (Å²) in [6.45, 7) is 8.41. The second-order valence-electron chi connectivity index (χ2n) is 4.45. The normalized spacial score (nSPS) is 19.2. The van der Waals surface area contributed by atoms with Crippen LogP contribution in [0.15, 0.2) is 12.4 Å². The zero-order valence-corrected chi connectivity index (χ0v) is 11.0. The zero-order valence-electron chi connectivity index (χ0n) is 11.0. The maximum absolute atomic E-state index is 9.06. The molecular formula is C13H19N5. The number of nitriles is 1. The van der Waals surface area contributed by atoms with E-state index in [0.717, 1.165) is 38.4 Å². The Kier molecular flexibility index (Phi) is 4.11. The summed E-state index contributed by atoms with van der Waals surface area (Å²) in [6.07, 6.45) is 4.35. The molecule has 0 radical (unpaired) electrons. The molecule has 0 N–H and O–H groups in total. The molecule has 1 fully saturated rings. The third-order valence-corrected chi connectivity index (χ3v) is 3.58. The van der Waals surface area contributed by atoms with Crippen molar-refractivity contribution in [2.45, 2.75) is 26.3 Å². The van der Waals surface area contributed by atoms with E-state index in [2.05, 4.69) is 39.7 Å². The molecule has 2 rings (SSSR count). The Labute approximate surface area is 108 Å². The molecule has 5 nitrogen and oxygen atoms in total. The predicted octanol–water partition coefficient (Wildman–Crippen LogP) is 1.27. The molecule has 1 aromatic heterocycles. The molecule has 0 spiro atoms. The summed E-state index contributed by atoms with van der Waals surface area (Å²) in [7, 11) is 0. The van der Waals surface area contributed by atoms with Gasteiger partial charge in [0, 0.05) is 31.5 Å². The van der Waals surface area contributed by atoms with Crippen LogP contribution >= 0.6 is 0 Å². The molecule has 1 saturated heterocycles. The first-order valence-corrected chi connectivity index (χ1v) is 6.50. The van der Waals surface area contributed by atoms with Gasteiger partial charge in [0.05, 0.1) is 0 Å². The molecule has 0 saturated carbocycles. The molecule has 0 amide bonds. The molecule has 18 heavy (non-hydrogen) atoms. The van der Waals surface area contributed by atoms with Crippen LogP contribution in [0.4, 0.5) is 5.82 Å². The Morgan fingerprint density at radius 3 is 2.78 bits per heavy atom. The average Bonchev–Trinajstić information content (AvgIpc) is 2.89. The van der Waals surface area contributed by atoms with Crippen LogP contribution in [0.2, 0.25) is 0 Å². The van der Waals surface area contributed by atoms with Gasteiger partial charge in [0.25, 0.3) is 0 Å². The third kappa shape index (κ3) is 2.44. The van der Waals surface area contributed by atoms with Gasteiger partial charge in [-0.15, -0.1) is 0 Å². The number of nitrogens with zero attached hydrogens (tertiary/aromatic N) is 5. The van der Waals surface area contributed by atoms with E-state index in [1.807, 2.05) is 0 Å². The minimum absolute atomic E-state index is 0.428. The molecule has 96 valence electrons. The summed E-state index contributed by atoms with van der Waals surface area (Å²) >= 11 is 0. The van der Waals surface area contributed by atoms with Gasteiger partial charge >= 0.3 is 0 Å². The van der Waals surface area contributed by atoms with E-state index in [0.29, 0.717) is 11.7 Å². The van der Waals surface area contributed by atoms with Gasteiger partial charge in [0.2, 0.25) is 0 Å². The second-order valence-corrected chi connectivity index (χ2v) is 4.45. The smallest absolute Gasteiger partial charge is 0.183 e. The fourth-order valence-corrected chi connectivity index (χ4v) is 2.61. The van der Waals surface area contributed by atoms with Crippen LogP contribution in [-0.4, -0.2) is 47.1 Å². The second kappa shape index (κ2) is 5.78. The fraction of sp³-hybridized carbons (Fsp3) is 0.615. The molecule has 1 aromatic rings. The van der Waals surface area contributed by atoms with Gasteiger partial charge in [0.15, 0.2) is 11.5 Å². The van der Waals surface area contributed by atoms with Crippen molar-refractivity contribution >= 4 is 5.82 Å². The van der Waals surface area contributed by atoms with E-state index in [1.165, 1.54) is 0 Å². The van der Waals surface area contributed by atoms with E-state index in [4.69, 9.17) is 5.26 Å². The lowest BCUT2D eigenvalue weighted by Crippen LogP contribution is -2.37. The first-order chi connectivity index (χ1) is 8.80. The Morgan fingerprint density at radius 1 is 1.39 bits per heavy atom. The summed E-state index contributed by atoms with van der Waals surface area (Å²) in [4.78, 5) is 13.0. The highest BCUT2D eigenvalue weighted by Gasteiger charge is 2.28. The molecule has 1 aliphatic rings. The van der Waals surface area contributed by atoms with Crippen LogP contribution in [0, 0.1) is 11.3 Å². The van der Waals surface area contributed by atoms with Gasteiger partial charge in [-0.1, -0.05) is 13.8 Å². The lowest BCUT2D eigenvalue weighted by Gasteiger charge is -2.26. The Balaban J connectivity index is 2.11. The fourth-order valence-electron chi connectivity index (χ4n) is 2.61. The van der Waals surface area contributed by atoms with Crippen molar-refractivity contribution in [1.29, 1.82) is 5.26 Å². The van der Waals surface area contributed by atoms with Crippen LogP contribution < -0.4 is 4.90 Å². The van der Waals surface area contributed by atoms with Crippen LogP contribution in [0.5, 0.6) is 0 Å². The molecule has 1 aliphatic heterocycles. The van der Waals surface area contributed by atoms with Crippen molar-refractivity contribution in [1.82, 2.24) is 14.9 Å². The number of hydrogen-bond donors (Lipinski definition) is 0. The summed E-state index contributed by atoms with van der Waals surface area (Å²) in [5.74, 6) is 0.731. The maximum Gasteiger partial charge on any atom is 0.183 e. The maximum atomic E-state index is 9.06. The Morgan fingerprint density at radius 2 is 2.11 bits per heavy atom. The minimum Gasteiger partial charge on any atom is -0.353 e. The lowest BCUT2D eigenvalue weighted by molar-refractivity contribution is 0.232. The summed E-state index contributed by atoms with van der Waals surface area (Å²) in [6, 6.07) is 2.68. The number of rotatable bonds is 4. The molecule has 1 unspecified atom stereocenters. The first kappa shape index (κ1) is 12.8. The van der Waals surface area contributed by atoms with Crippen LogP contribution in [0.1, 0.15) is 26.0 Å². The van der Waals surface area contributed by atoms with E-state index in [1.54, 1.807) is 12.4 Å². The average molecular weight is 245 g/mol. The Bertz CT molecular complexity index is 435. The Hall–Kier alpha value is -1.67. The number of hydrogen-bond acceptors (Lipinski definition) is 5. The van der Waals surface area contributed by atoms with Crippen molar-refractivity contribution in [3.05, 3.63) is 18.1 Å². The highest BCUT2D eigenvalue weighted by Crippen LogP contribution is 2.22. The molecular weight excluding hydrogens is 226 g/mol. The standard InChI is InChI=1S/C13H19N5/c1-3-17(4-2)11-5-8-18(10-11)13-12(9-14)15-6-7-16-13/h6-7,11H,3-5,8,10H2,1-2H3. The first-order valence-electron chi connectivity index (χ1n) is 6.50. The topological polar surface area (TPSA) is 56.1 Å². The van der Waals surface area contributed by atoms with Gasteiger partial charge in [-0.2, -0.15) is 5.26 Å².